The Bertz CT molecular complexity index is 261. The van der Waals surface area contributed by atoms with Crippen molar-refractivity contribution in [3.63, 3.8) is 0 Å². The van der Waals surface area contributed by atoms with Crippen molar-refractivity contribution in [2.24, 2.45) is 5.41 Å². The highest BCUT2D eigenvalue weighted by Gasteiger charge is 2.13. The fraction of sp³-hybridized carbons (Fsp3) is 0.667. The molecule has 0 rings (SSSR count). The van der Waals surface area contributed by atoms with E-state index in [-0.39, 0.29) is 25.2 Å². The molecular formula is C12H24O8. The summed E-state index contributed by atoms with van der Waals surface area (Å²) in [4.78, 5) is 19.1. The van der Waals surface area contributed by atoms with E-state index in [1.807, 2.05) is 0 Å². The van der Waals surface area contributed by atoms with Crippen LogP contribution >= 0.6 is 0 Å². The van der Waals surface area contributed by atoms with E-state index >= 15 is 0 Å². The first-order valence-electron chi connectivity index (χ1n) is 5.67. The lowest BCUT2D eigenvalue weighted by Crippen LogP contribution is -2.20. The summed E-state index contributed by atoms with van der Waals surface area (Å²) in [6.07, 6.45) is 0.556. The first kappa shape index (κ1) is 23.6. The number of aliphatic hydroxyl groups excluding tert-OH is 4. The topological polar surface area (TPSA) is 156 Å². The largest absolute Gasteiger partial charge is 0.478 e. The van der Waals surface area contributed by atoms with Gasteiger partial charge in [0, 0.05) is 17.6 Å². The van der Waals surface area contributed by atoms with Crippen LogP contribution in [0.4, 0.5) is 0 Å². The number of aliphatic hydroxyl groups is 4. The zero-order chi connectivity index (χ0) is 16.8. The molecule has 8 heteroatoms. The monoisotopic (exact) mass is 296 g/mol. The summed E-state index contributed by atoms with van der Waals surface area (Å²) in [6.45, 7) is 5.08. The molecule has 1 atom stereocenters. The average molecular weight is 296 g/mol. The summed E-state index contributed by atoms with van der Waals surface area (Å²) in [5.41, 5.74) is -0.306. The molecule has 0 bridgehead atoms. The first-order chi connectivity index (χ1) is 9.02. The second-order valence-corrected chi connectivity index (χ2v) is 4.52. The SMILES string of the molecule is CC(C)(CO)CO.CC(O)CO.O=C(O)C=CC(=O)O. The van der Waals surface area contributed by atoms with E-state index < -0.39 is 18.0 Å². The van der Waals surface area contributed by atoms with Gasteiger partial charge in [-0.2, -0.15) is 0 Å². The van der Waals surface area contributed by atoms with Crippen molar-refractivity contribution < 1.29 is 40.2 Å². The van der Waals surface area contributed by atoms with E-state index in [4.69, 9.17) is 30.6 Å². The van der Waals surface area contributed by atoms with Crippen molar-refractivity contribution >= 4 is 11.9 Å². The van der Waals surface area contributed by atoms with Crippen LogP contribution < -0.4 is 0 Å². The van der Waals surface area contributed by atoms with E-state index in [0.717, 1.165) is 0 Å². The van der Waals surface area contributed by atoms with Crippen LogP contribution in [0.3, 0.4) is 0 Å². The minimum Gasteiger partial charge on any atom is -0.478 e. The van der Waals surface area contributed by atoms with Crippen LogP contribution in [0.5, 0.6) is 0 Å². The van der Waals surface area contributed by atoms with Crippen molar-refractivity contribution in [2.45, 2.75) is 26.9 Å². The minimum absolute atomic E-state index is 0.0451. The van der Waals surface area contributed by atoms with Gasteiger partial charge in [-0.1, -0.05) is 13.8 Å². The van der Waals surface area contributed by atoms with Gasteiger partial charge in [-0.15, -0.1) is 0 Å². The third kappa shape index (κ3) is 30.0. The lowest BCUT2D eigenvalue weighted by molar-refractivity contribution is -0.134. The number of carboxylic acid groups (broad SMARTS) is 2. The Morgan fingerprint density at radius 1 is 1.00 bits per heavy atom. The van der Waals surface area contributed by atoms with Gasteiger partial charge in [0.1, 0.15) is 0 Å². The highest BCUT2D eigenvalue weighted by molar-refractivity contribution is 5.89. The van der Waals surface area contributed by atoms with Gasteiger partial charge in [0.15, 0.2) is 0 Å². The van der Waals surface area contributed by atoms with E-state index in [2.05, 4.69) is 0 Å². The van der Waals surface area contributed by atoms with E-state index in [1.54, 1.807) is 13.8 Å². The minimum atomic E-state index is -1.26. The molecule has 0 aliphatic heterocycles. The Balaban J connectivity index is -0.000000223. The van der Waals surface area contributed by atoms with E-state index in [1.165, 1.54) is 6.92 Å². The molecule has 0 aliphatic carbocycles. The molecule has 8 nitrogen and oxygen atoms in total. The van der Waals surface area contributed by atoms with Crippen LogP contribution in [-0.4, -0.2) is 68.5 Å². The van der Waals surface area contributed by atoms with Crippen LogP contribution in [0, 0.1) is 5.41 Å². The molecule has 1 unspecified atom stereocenters. The fourth-order valence-electron chi connectivity index (χ4n) is 0.193. The smallest absolute Gasteiger partial charge is 0.328 e. The fourth-order valence-corrected chi connectivity index (χ4v) is 0.193. The first-order valence-corrected chi connectivity index (χ1v) is 5.67. The Hall–Kier alpha value is -1.48. The molecule has 120 valence electrons. The summed E-state index contributed by atoms with van der Waals surface area (Å²) in [5.74, 6) is -2.51. The van der Waals surface area contributed by atoms with Crippen LogP contribution in [0.25, 0.3) is 0 Å². The predicted octanol–water partition coefficient (Wildman–Crippen LogP) is -0.931. The number of hydrogen-bond acceptors (Lipinski definition) is 6. The highest BCUT2D eigenvalue weighted by atomic mass is 16.4. The molecule has 0 fully saturated rings. The molecule has 0 aromatic carbocycles. The molecule has 0 aromatic heterocycles. The molecule has 0 aliphatic rings. The molecule has 0 radical (unpaired) electrons. The second-order valence-electron chi connectivity index (χ2n) is 4.52. The normalized spacial score (nSPS) is 11.8. The van der Waals surface area contributed by atoms with Crippen molar-refractivity contribution in [3.8, 4) is 0 Å². The Labute approximate surface area is 117 Å². The maximum atomic E-state index is 9.55. The predicted molar refractivity (Wildman–Crippen MR) is 71.1 cm³/mol. The number of carboxylic acids is 2. The van der Waals surface area contributed by atoms with Crippen LogP contribution in [0.1, 0.15) is 20.8 Å². The summed E-state index contributed by atoms with van der Waals surface area (Å²) in [6, 6.07) is 0. The molecule has 0 spiro atoms. The number of carbonyl (C=O) groups is 2. The molecule has 0 saturated carbocycles. The number of hydrogen-bond donors (Lipinski definition) is 6. The van der Waals surface area contributed by atoms with Crippen molar-refractivity contribution in [1.29, 1.82) is 0 Å². The number of rotatable bonds is 5. The van der Waals surface area contributed by atoms with Crippen molar-refractivity contribution in [3.05, 3.63) is 12.2 Å². The maximum absolute atomic E-state index is 9.55. The Morgan fingerprint density at radius 3 is 1.30 bits per heavy atom. The van der Waals surface area contributed by atoms with Crippen LogP contribution in [-0.2, 0) is 9.59 Å². The van der Waals surface area contributed by atoms with E-state index in [9.17, 15) is 9.59 Å². The number of aliphatic carboxylic acids is 2. The van der Waals surface area contributed by atoms with Gasteiger partial charge in [-0.05, 0) is 6.92 Å². The molecule has 0 aromatic rings. The lowest BCUT2D eigenvalue weighted by atomic mass is 9.97. The lowest BCUT2D eigenvalue weighted by Gasteiger charge is -2.16. The van der Waals surface area contributed by atoms with E-state index in [0.29, 0.717) is 12.2 Å². The van der Waals surface area contributed by atoms with Gasteiger partial charge >= 0.3 is 11.9 Å². The summed E-state index contributed by atoms with van der Waals surface area (Å²) >= 11 is 0. The van der Waals surface area contributed by atoms with Gasteiger partial charge < -0.3 is 30.6 Å². The second kappa shape index (κ2) is 13.9. The molecule has 20 heavy (non-hydrogen) atoms. The standard InChI is InChI=1S/C5H12O2.C4H4O4.C3H8O2/c1-5(2,3-6)4-7;5-3(6)1-2-4(7)8;1-3(5)2-4/h6-7H,3-4H2,1-2H3;1-2H,(H,5,6)(H,7,8);3-5H,2H2,1H3. The average Bonchev–Trinajstić information content (AvgIpc) is 2.37. The highest BCUT2D eigenvalue weighted by Crippen LogP contribution is 2.10. The third-order valence-corrected chi connectivity index (χ3v) is 1.49. The van der Waals surface area contributed by atoms with Gasteiger partial charge in [0.25, 0.3) is 0 Å². The maximum Gasteiger partial charge on any atom is 0.328 e. The van der Waals surface area contributed by atoms with Gasteiger partial charge in [0.2, 0.25) is 0 Å². The van der Waals surface area contributed by atoms with Gasteiger partial charge in [-0.25, -0.2) is 9.59 Å². The molecule has 6 N–H and O–H groups in total. The molecule has 0 amide bonds. The third-order valence-electron chi connectivity index (χ3n) is 1.49. The van der Waals surface area contributed by atoms with Crippen LogP contribution in [0.2, 0.25) is 0 Å². The summed E-state index contributed by atoms with van der Waals surface area (Å²) in [5, 5.41) is 48.5. The van der Waals surface area contributed by atoms with Crippen molar-refractivity contribution in [1.82, 2.24) is 0 Å². The Kier molecular flexibility index (Phi) is 16.5. The molecule has 0 heterocycles. The van der Waals surface area contributed by atoms with Gasteiger partial charge in [0.05, 0.1) is 25.9 Å². The molecular weight excluding hydrogens is 272 g/mol. The summed E-state index contributed by atoms with van der Waals surface area (Å²) in [7, 11) is 0. The zero-order valence-electron chi connectivity index (χ0n) is 11.9. The zero-order valence-corrected chi connectivity index (χ0v) is 11.9. The van der Waals surface area contributed by atoms with Crippen LogP contribution in [0.15, 0.2) is 12.2 Å². The van der Waals surface area contributed by atoms with Crippen molar-refractivity contribution in [2.75, 3.05) is 19.8 Å². The summed E-state index contributed by atoms with van der Waals surface area (Å²) < 4.78 is 0. The van der Waals surface area contributed by atoms with Gasteiger partial charge in [-0.3, -0.25) is 0 Å². The molecule has 0 saturated heterocycles. The quantitative estimate of drug-likeness (QED) is 0.355. The Morgan fingerprint density at radius 2 is 1.25 bits per heavy atom.